The Balaban J connectivity index is 1.65. The number of benzene rings is 1. The maximum absolute atomic E-state index is 12.5. The first-order valence-electron chi connectivity index (χ1n) is 9.91. The van der Waals surface area contributed by atoms with Gasteiger partial charge in [-0.2, -0.15) is 0 Å². The zero-order valence-corrected chi connectivity index (χ0v) is 18.4. The predicted molar refractivity (Wildman–Crippen MR) is 116 cm³/mol. The van der Waals surface area contributed by atoms with Gasteiger partial charge in [-0.25, -0.2) is 4.79 Å². The maximum Gasteiger partial charge on any atom is 0.341 e. The third-order valence-corrected chi connectivity index (χ3v) is 5.69. The number of thiophene rings is 1. The molecule has 0 atom stereocenters. The molecule has 0 aliphatic rings. The Hall–Kier alpha value is -3.00. The number of carbonyl (C=O) groups is 2. The SMILES string of the molecule is CCOC(=O)c1c(NC(=O)CCc2nnc(-c3ccc(C)cc3)o2)sc(C)c1CC. The Morgan fingerprint density at radius 1 is 1.13 bits per heavy atom. The number of ether oxygens (including phenoxy) is 1. The molecule has 0 bridgehead atoms. The van der Waals surface area contributed by atoms with E-state index in [0.29, 0.717) is 35.2 Å². The lowest BCUT2D eigenvalue weighted by Gasteiger charge is -2.07. The molecule has 1 aromatic carbocycles. The number of hydrogen-bond acceptors (Lipinski definition) is 7. The lowest BCUT2D eigenvalue weighted by molar-refractivity contribution is -0.116. The second kappa shape index (κ2) is 9.67. The van der Waals surface area contributed by atoms with Gasteiger partial charge in [0.15, 0.2) is 0 Å². The normalized spacial score (nSPS) is 10.8. The summed E-state index contributed by atoms with van der Waals surface area (Å²) in [6, 6.07) is 7.78. The van der Waals surface area contributed by atoms with E-state index in [1.165, 1.54) is 11.3 Å². The van der Waals surface area contributed by atoms with E-state index in [0.717, 1.165) is 21.6 Å². The highest BCUT2D eigenvalue weighted by Crippen LogP contribution is 2.34. The van der Waals surface area contributed by atoms with Crippen molar-refractivity contribution in [3.63, 3.8) is 0 Å². The van der Waals surface area contributed by atoms with Crippen LogP contribution in [-0.2, 0) is 22.4 Å². The average Bonchev–Trinajstić information content (AvgIpc) is 3.31. The number of nitrogens with one attached hydrogen (secondary N) is 1. The highest BCUT2D eigenvalue weighted by molar-refractivity contribution is 7.16. The Kier molecular flexibility index (Phi) is 6.99. The minimum atomic E-state index is -0.409. The highest BCUT2D eigenvalue weighted by Gasteiger charge is 2.23. The summed E-state index contributed by atoms with van der Waals surface area (Å²) < 4.78 is 10.8. The number of anilines is 1. The molecule has 0 unspecified atom stereocenters. The molecule has 30 heavy (non-hydrogen) atoms. The lowest BCUT2D eigenvalue weighted by atomic mass is 10.1. The summed E-state index contributed by atoms with van der Waals surface area (Å²) in [4.78, 5) is 25.9. The molecule has 0 saturated heterocycles. The summed E-state index contributed by atoms with van der Waals surface area (Å²) in [6.07, 6.45) is 1.16. The van der Waals surface area contributed by atoms with Crippen LogP contribution >= 0.6 is 11.3 Å². The van der Waals surface area contributed by atoms with Gasteiger partial charge in [0.25, 0.3) is 0 Å². The monoisotopic (exact) mass is 427 g/mol. The van der Waals surface area contributed by atoms with Gasteiger partial charge in [0.1, 0.15) is 5.00 Å². The Bertz CT molecular complexity index is 1040. The van der Waals surface area contributed by atoms with Gasteiger partial charge in [-0.1, -0.05) is 24.6 Å². The van der Waals surface area contributed by atoms with E-state index in [1.807, 2.05) is 45.0 Å². The van der Waals surface area contributed by atoms with Gasteiger partial charge in [0.05, 0.1) is 12.2 Å². The fourth-order valence-corrected chi connectivity index (χ4v) is 4.24. The smallest absolute Gasteiger partial charge is 0.341 e. The summed E-state index contributed by atoms with van der Waals surface area (Å²) >= 11 is 1.39. The number of hydrogen-bond donors (Lipinski definition) is 1. The Morgan fingerprint density at radius 3 is 2.53 bits per heavy atom. The van der Waals surface area contributed by atoms with Crippen molar-refractivity contribution < 1.29 is 18.7 Å². The van der Waals surface area contributed by atoms with Gasteiger partial charge >= 0.3 is 5.97 Å². The second-order valence-electron chi connectivity index (χ2n) is 6.83. The number of rotatable bonds is 8. The standard InChI is InChI=1S/C22H25N3O4S/c1-5-16-14(4)30-21(19(16)22(27)28-6-2)23-17(26)11-12-18-24-25-20(29-18)15-9-7-13(3)8-10-15/h7-10H,5-6,11-12H2,1-4H3,(H,23,26). The van der Waals surface area contributed by atoms with E-state index in [2.05, 4.69) is 15.5 Å². The molecule has 0 spiro atoms. The van der Waals surface area contributed by atoms with E-state index in [4.69, 9.17) is 9.15 Å². The molecular formula is C22H25N3O4S. The summed E-state index contributed by atoms with van der Waals surface area (Å²) in [7, 11) is 0. The van der Waals surface area contributed by atoms with Crippen molar-refractivity contribution >= 4 is 28.2 Å². The van der Waals surface area contributed by atoms with Crippen LogP contribution in [0.2, 0.25) is 0 Å². The summed E-state index contributed by atoms with van der Waals surface area (Å²) in [5, 5.41) is 11.5. The van der Waals surface area contributed by atoms with Crippen LogP contribution in [0.5, 0.6) is 0 Å². The lowest BCUT2D eigenvalue weighted by Crippen LogP contribution is -2.15. The van der Waals surface area contributed by atoms with E-state index in [1.54, 1.807) is 6.92 Å². The van der Waals surface area contributed by atoms with Crippen molar-refractivity contribution in [1.82, 2.24) is 10.2 Å². The minimum absolute atomic E-state index is 0.163. The van der Waals surface area contributed by atoms with Crippen LogP contribution in [0.3, 0.4) is 0 Å². The van der Waals surface area contributed by atoms with E-state index in [9.17, 15) is 9.59 Å². The molecule has 3 rings (SSSR count). The molecule has 0 radical (unpaired) electrons. The third-order valence-electron chi connectivity index (χ3n) is 4.63. The number of aromatic nitrogens is 2. The van der Waals surface area contributed by atoms with Crippen LogP contribution in [0.1, 0.15) is 52.5 Å². The van der Waals surface area contributed by atoms with Gasteiger partial charge < -0.3 is 14.5 Å². The molecule has 158 valence electrons. The molecule has 0 aliphatic carbocycles. The van der Waals surface area contributed by atoms with Gasteiger partial charge in [-0.3, -0.25) is 4.79 Å². The molecule has 2 heterocycles. The van der Waals surface area contributed by atoms with Crippen LogP contribution in [0.25, 0.3) is 11.5 Å². The molecule has 0 fully saturated rings. The fourth-order valence-electron chi connectivity index (χ4n) is 3.09. The van der Waals surface area contributed by atoms with Crippen molar-refractivity contribution in [2.75, 3.05) is 11.9 Å². The Morgan fingerprint density at radius 2 is 1.87 bits per heavy atom. The first kappa shape index (κ1) is 21.7. The third kappa shape index (κ3) is 4.94. The van der Waals surface area contributed by atoms with E-state index in [-0.39, 0.29) is 18.9 Å². The van der Waals surface area contributed by atoms with Crippen molar-refractivity contribution in [2.24, 2.45) is 0 Å². The average molecular weight is 428 g/mol. The maximum atomic E-state index is 12.5. The Labute approximate surface area is 179 Å². The van der Waals surface area contributed by atoms with Crippen molar-refractivity contribution in [3.8, 4) is 11.5 Å². The zero-order chi connectivity index (χ0) is 21.7. The highest BCUT2D eigenvalue weighted by atomic mass is 32.1. The topological polar surface area (TPSA) is 94.3 Å². The predicted octanol–water partition coefficient (Wildman–Crippen LogP) is 4.73. The second-order valence-corrected chi connectivity index (χ2v) is 8.05. The largest absolute Gasteiger partial charge is 0.462 e. The summed E-state index contributed by atoms with van der Waals surface area (Å²) in [6.45, 7) is 7.96. The van der Waals surface area contributed by atoms with Crippen LogP contribution in [0.15, 0.2) is 28.7 Å². The first-order chi connectivity index (χ1) is 14.4. The number of aryl methyl sites for hydroxylation is 3. The minimum Gasteiger partial charge on any atom is -0.462 e. The molecule has 1 amide bonds. The number of amides is 1. The van der Waals surface area contributed by atoms with Crippen molar-refractivity contribution in [1.29, 1.82) is 0 Å². The van der Waals surface area contributed by atoms with Crippen LogP contribution < -0.4 is 5.32 Å². The van der Waals surface area contributed by atoms with Crippen molar-refractivity contribution in [3.05, 3.63) is 51.7 Å². The summed E-state index contributed by atoms with van der Waals surface area (Å²) in [5.74, 6) is 0.188. The van der Waals surface area contributed by atoms with Crippen LogP contribution in [0, 0.1) is 13.8 Å². The molecular weight excluding hydrogens is 402 g/mol. The molecule has 8 heteroatoms. The van der Waals surface area contributed by atoms with Gasteiger partial charge in [0.2, 0.25) is 17.7 Å². The van der Waals surface area contributed by atoms with Crippen molar-refractivity contribution in [2.45, 2.75) is 47.0 Å². The molecule has 1 N–H and O–H groups in total. The van der Waals surface area contributed by atoms with E-state index >= 15 is 0 Å². The fraction of sp³-hybridized carbons (Fsp3) is 0.364. The molecule has 0 saturated carbocycles. The van der Waals surface area contributed by atoms with Gasteiger partial charge in [-0.05, 0) is 44.9 Å². The number of esters is 1. The number of carbonyl (C=O) groups excluding carboxylic acids is 2. The molecule has 0 aliphatic heterocycles. The first-order valence-corrected chi connectivity index (χ1v) is 10.7. The van der Waals surface area contributed by atoms with Gasteiger partial charge in [0, 0.05) is 23.3 Å². The summed E-state index contributed by atoms with van der Waals surface area (Å²) in [5.41, 5.74) is 3.35. The quantitative estimate of drug-likeness (QED) is 0.523. The van der Waals surface area contributed by atoms with Gasteiger partial charge in [-0.15, -0.1) is 21.5 Å². The number of nitrogens with zero attached hydrogens (tertiary/aromatic N) is 2. The molecule has 3 aromatic rings. The zero-order valence-electron chi connectivity index (χ0n) is 17.6. The van der Waals surface area contributed by atoms with Crippen LogP contribution in [0.4, 0.5) is 5.00 Å². The van der Waals surface area contributed by atoms with E-state index < -0.39 is 5.97 Å². The van der Waals surface area contributed by atoms with Crippen LogP contribution in [-0.4, -0.2) is 28.7 Å². The molecule has 7 nitrogen and oxygen atoms in total. The molecule has 2 aromatic heterocycles.